The number of halogens is 1. The van der Waals surface area contributed by atoms with Gasteiger partial charge in [-0.3, -0.25) is 9.69 Å². The Balaban J connectivity index is 1.10. The van der Waals surface area contributed by atoms with Crippen LogP contribution in [0.25, 0.3) is 11.4 Å². The van der Waals surface area contributed by atoms with Crippen molar-refractivity contribution in [3.05, 3.63) is 71.1 Å². The third-order valence-corrected chi connectivity index (χ3v) is 7.09. The van der Waals surface area contributed by atoms with Crippen LogP contribution in [0.2, 0.25) is 5.02 Å². The highest BCUT2D eigenvalue weighted by Crippen LogP contribution is 2.21. The molecule has 4 rings (SSSR count). The summed E-state index contributed by atoms with van der Waals surface area (Å²) in [6.45, 7) is 3.07. The molecule has 0 unspecified atom stereocenters. The van der Waals surface area contributed by atoms with E-state index in [-0.39, 0.29) is 11.8 Å². The lowest BCUT2D eigenvalue weighted by molar-refractivity contribution is -0.126. The quantitative estimate of drug-likeness (QED) is 0.406. The fourth-order valence-corrected chi connectivity index (χ4v) is 5.04. The van der Waals surface area contributed by atoms with Crippen molar-refractivity contribution in [2.75, 3.05) is 25.4 Å². The molecular weight excluding hydrogens is 456 g/mol. The lowest BCUT2D eigenvalue weighted by Gasteiger charge is -2.30. The predicted molar refractivity (Wildman–Crippen MR) is 133 cm³/mol. The lowest BCUT2D eigenvalue weighted by atomic mass is 9.96. The second kappa shape index (κ2) is 12.2. The van der Waals surface area contributed by atoms with Crippen LogP contribution >= 0.6 is 23.4 Å². The smallest absolute Gasteiger partial charge is 0.241 e. The maximum Gasteiger partial charge on any atom is 0.241 e. The van der Waals surface area contributed by atoms with E-state index in [1.54, 1.807) is 0 Å². The number of rotatable bonds is 10. The van der Waals surface area contributed by atoms with Gasteiger partial charge in [-0.05, 0) is 55.8 Å². The Kier molecular flexibility index (Phi) is 8.80. The molecule has 2 aromatic carbocycles. The number of amides is 1. The number of carbonyl (C=O) groups excluding carboxylic acids is 1. The highest BCUT2D eigenvalue weighted by molar-refractivity contribution is 7.98. The molecular formula is C25H29ClN4O2S. The third-order valence-electron chi connectivity index (χ3n) is 5.74. The number of benzene rings is 2. The summed E-state index contributed by atoms with van der Waals surface area (Å²) in [6, 6.07) is 17.8. The Morgan fingerprint density at radius 1 is 1.15 bits per heavy atom. The van der Waals surface area contributed by atoms with Gasteiger partial charge in [0, 0.05) is 28.8 Å². The SMILES string of the molecule is O=C(NCCCSCc1cccc(Cl)c1)C1CCN(Cc2nc(-c3ccccc3)no2)CC1. The first-order valence-corrected chi connectivity index (χ1v) is 12.9. The second-order valence-electron chi connectivity index (χ2n) is 8.26. The molecule has 0 saturated carbocycles. The minimum Gasteiger partial charge on any atom is -0.356 e. The number of nitrogens with one attached hydrogen (secondary N) is 1. The Hall–Kier alpha value is -2.35. The standard InChI is InChI=1S/C25H29ClN4O2S/c26-22-9-4-6-19(16-22)18-33-15-5-12-27-25(31)21-10-13-30(14-11-21)17-23-28-24(29-32-23)20-7-2-1-3-8-20/h1-4,6-9,16,21H,5,10-15,17-18H2,(H,27,31). The van der Waals surface area contributed by atoms with Crippen LogP contribution in [0.4, 0.5) is 0 Å². The maximum atomic E-state index is 12.5. The third kappa shape index (κ3) is 7.32. The van der Waals surface area contributed by atoms with Crippen LogP contribution in [0.5, 0.6) is 0 Å². The monoisotopic (exact) mass is 484 g/mol. The first-order chi connectivity index (χ1) is 16.2. The minimum atomic E-state index is 0.0860. The maximum absolute atomic E-state index is 12.5. The lowest BCUT2D eigenvalue weighted by Crippen LogP contribution is -2.40. The van der Waals surface area contributed by atoms with Crippen molar-refractivity contribution in [3.63, 3.8) is 0 Å². The van der Waals surface area contributed by atoms with Crippen molar-refractivity contribution in [1.29, 1.82) is 0 Å². The topological polar surface area (TPSA) is 71.3 Å². The normalized spacial score (nSPS) is 14.9. The van der Waals surface area contributed by atoms with Crippen LogP contribution in [0, 0.1) is 5.92 Å². The molecule has 2 heterocycles. The summed E-state index contributed by atoms with van der Waals surface area (Å²) in [5.74, 6) is 3.46. The van der Waals surface area contributed by atoms with Gasteiger partial charge in [0.05, 0.1) is 6.54 Å². The van der Waals surface area contributed by atoms with Gasteiger partial charge in [0.2, 0.25) is 17.6 Å². The van der Waals surface area contributed by atoms with Crippen LogP contribution in [0.1, 0.15) is 30.7 Å². The average Bonchev–Trinajstić information content (AvgIpc) is 3.31. The van der Waals surface area contributed by atoms with E-state index in [0.717, 1.165) is 61.0 Å². The number of piperidine rings is 1. The first kappa shape index (κ1) is 23.8. The van der Waals surface area contributed by atoms with Gasteiger partial charge in [0.25, 0.3) is 0 Å². The van der Waals surface area contributed by atoms with E-state index in [0.29, 0.717) is 18.3 Å². The molecule has 8 heteroatoms. The summed E-state index contributed by atoms with van der Waals surface area (Å²) < 4.78 is 5.42. The van der Waals surface area contributed by atoms with Crippen molar-refractivity contribution in [2.24, 2.45) is 5.92 Å². The van der Waals surface area contributed by atoms with Crippen molar-refractivity contribution in [3.8, 4) is 11.4 Å². The average molecular weight is 485 g/mol. The molecule has 1 aliphatic rings. The molecule has 0 spiro atoms. The predicted octanol–water partition coefficient (Wildman–Crippen LogP) is 5.04. The van der Waals surface area contributed by atoms with E-state index in [1.807, 2.05) is 60.3 Å². The van der Waals surface area contributed by atoms with Crippen LogP contribution in [0.3, 0.4) is 0 Å². The molecule has 1 aromatic heterocycles. The van der Waals surface area contributed by atoms with Gasteiger partial charge in [-0.25, -0.2) is 0 Å². The Morgan fingerprint density at radius 3 is 2.76 bits per heavy atom. The van der Waals surface area contributed by atoms with Gasteiger partial charge in [0.1, 0.15) is 0 Å². The molecule has 3 aromatic rings. The summed E-state index contributed by atoms with van der Waals surface area (Å²) in [7, 11) is 0. The number of nitrogens with zero attached hydrogens (tertiary/aromatic N) is 3. The summed E-state index contributed by atoms with van der Waals surface area (Å²) >= 11 is 7.89. The number of hydrogen-bond donors (Lipinski definition) is 1. The highest BCUT2D eigenvalue weighted by Gasteiger charge is 2.25. The van der Waals surface area contributed by atoms with Gasteiger partial charge < -0.3 is 9.84 Å². The first-order valence-electron chi connectivity index (χ1n) is 11.4. The molecule has 0 aliphatic carbocycles. The number of thioether (sulfide) groups is 1. The van der Waals surface area contributed by atoms with E-state index in [1.165, 1.54) is 5.56 Å². The number of carbonyl (C=O) groups is 1. The zero-order valence-corrected chi connectivity index (χ0v) is 20.2. The van der Waals surface area contributed by atoms with Crippen molar-refractivity contribution >= 4 is 29.3 Å². The fraction of sp³-hybridized carbons (Fsp3) is 0.400. The van der Waals surface area contributed by atoms with Gasteiger partial charge in [-0.2, -0.15) is 16.7 Å². The van der Waals surface area contributed by atoms with Crippen molar-refractivity contribution in [1.82, 2.24) is 20.4 Å². The van der Waals surface area contributed by atoms with Crippen LogP contribution in [0.15, 0.2) is 59.1 Å². The van der Waals surface area contributed by atoms with Gasteiger partial charge in [0.15, 0.2) is 0 Å². The van der Waals surface area contributed by atoms with E-state index in [9.17, 15) is 4.79 Å². The molecule has 1 amide bonds. The van der Waals surface area contributed by atoms with Crippen LogP contribution < -0.4 is 5.32 Å². The molecule has 174 valence electrons. The van der Waals surface area contributed by atoms with Gasteiger partial charge in [-0.15, -0.1) is 0 Å². The molecule has 1 aliphatic heterocycles. The summed E-state index contributed by atoms with van der Waals surface area (Å²) in [5, 5.41) is 7.98. The fourth-order valence-electron chi connectivity index (χ4n) is 3.92. The Labute approximate surface area is 204 Å². The van der Waals surface area contributed by atoms with Crippen LogP contribution in [-0.4, -0.2) is 46.3 Å². The summed E-state index contributed by atoms with van der Waals surface area (Å²) in [4.78, 5) is 19.3. The summed E-state index contributed by atoms with van der Waals surface area (Å²) in [5.41, 5.74) is 2.19. The molecule has 0 atom stereocenters. The number of aromatic nitrogens is 2. The summed E-state index contributed by atoms with van der Waals surface area (Å²) in [6.07, 6.45) is 2.68. The molecule has 0 radical (unpaired) electrons. The highest BCUT2D eigenvalue weighted by atomic mass is 35.5. The molecule has 1 fully saturated rings. The molecule has 1 N–H and O–H groups in total. The molecule has 0 bridgehead atoms. The Morgan fingerprint density at radius 2 is 1.97 bits per heavy atom. The van der Waals surface area contributed by atoms with E-state index >= 15 is 0 Å². The molecule has 1 saturated heterocycles. The molecule has 6 nitrogen and oxygen atoms in total. The van der Waals surface area contributed by atoms with Gasteiger partial charge in [-0.1, -0.05) is 59.2 Å². The van der Waals surface area contributed by atoms with E-state index in [4.69, 9.17) is 16.1 Å². The Bertz CT molecular complexity index is 1020. The number of hydrogen-bond acceptors (Lipinski definition) is 6. The zero-order valence-electron chi connectivity index (χ0n) is 18.6. The largest absolute Gasteiger partial charge is 0.356 e. The minimum absolute atomic E-state index is 0.0860. The zero-order chi connectivity index (χ0) is 22.9. The molecule has 33 heavy (non-hydrogen) atoms. The van der Waals surface area contributed by atoms with E-state index < -0.39 is 0 Å². The number of likely N-dealkylation sites (tertiary alicyclic amines) is 1. The second-order valence-corrected chi connectivity index (χ2v) is 9.80. The van der Waals surface area contributed by atoms with Crippen molar-refractivity contribution < 1.29 is 9.32 Å². The van der Waals surface area contributed by atoms with Crippen molar-refractivity contribution in [2.45, 2.75) is 31.6 Å². The van der Waals surface area contributed by atoms with Gasteiger partial charge >= 0.3 is 0 Å². The van der Waals surface area contributed by atoms with E-state index in [2.05, 4.69) is 26.4 Å². The van der Waals surface area contributed by atoms with Crippen LogP contribution in [-0.2, 0) is 17.1 Å².